The summed E-state index contributed by atoms with van der Waals surface area (Å²) in [6.07, 6.45) is -1.30. The Balaban J connectivity index is 1.46. The molecule has 1 aromatic carbocycles. The maximum absolute atomic E-state index is 14.6. The Labute approximate surface area is 222 Å². The van der Waals surface area contributed by atoms with Crippen molar-refractivity contribution in [3.05, 3.63) is 53.0 Å². The highest BCUT2D eigenvalue weighted by Crippen LogP contribution is 2.37. The van der Waals surface area contributed by atoms with Crippen LogP contribution in [0.4, 0.5) is 8.78 Å². The summed E-state index contributed by atoms with van der Waals surface area (Å²) in [6.45, 7) is 2.08. The van der Waals surface area contributed by atoms with E-state index in [1.165, 1.54) is 36.9 Å². The molecule has 1 aliphatic carbocycles. The van der Waals surface area contributed by atoms with Crippen molar-refractivity contribution < 1.29 is 42.9 Å². The smallest absolute Gasteiger partial charge is 0.303 e. The van der Waals surface area contributed by atoms with Gasteiger partial charge in [0.25, 0.3) is 0 Å². The van der Waals surface area contributed by atoms with Gasteiger partial charge < -0.3 is 29.3 Å². The quantitative estimate of drug-likeness (QED) is 0.374. The lowest BCUT2D eigenvalue weighted by atomic mass is 9.90. The molecule has 1 saturated heterocycles. The van der Waals surface area contributed by atoms with Gasteiger partial charge in [-0.25, -0.2) is 13.5 Å². The van der Waals surface area contributed by atoms with E-state index in [4.69, 9.17) is 14.0 Å². The number of ether oxygens (including phenoxy) is 2. The van der Waals surface area contributed by atoms with Crippen molar-refractivity contribution in [3.8, 4) is 11.3 Å². The molecular weight excluding hydrogens is 518 g/mol. The highest BCUT2D eigenvalue weighted by molar-refractivity contribution is 5.66. The third kappa shape index (κ3) is 5.31. The summed E-state index contributed by atoms with van der Waals surface area (Å²) in [6, 6.07) is 3.40. The minimum absolute atomic E-state index is 0.0000274. The molecule has 2 fully saturated rings. The Morgan fingerprint density at radius 1 is 1.21 bits per heavy atom. The molecule has 3 heterocycles. The number of rotatable bonds is 7. The molecule has 210 valence electrons. The van der Waals surface area contributed by atoms with E-state index in [-0.39, 0.29) is 29.2 Å². The summed E-state index contributed by atoms with van der Waals surface area (Å²) in [5, 5.41) is 43.3. The average Bonchev–Trinajstić information content (AvgIpc) is 3.65. The molecule has 2 aromatic heterocycles. The molecule has 1 aliphatic heterocycles. The Kier molecular flexibility index (Phi) is 7.76. The van der Waals surface area contributed by atoms with Gasteiger partial charge in [0, 0.05) is 30.9 Å². The second-order valence-electron chi connectivity index (χ2n) is 10.1. The second-order valence-corrected chi connectivity index (χ2v) is 10.1. The molecule has 3 N–H and O–H groups in total. The van der Waals surface area contributed by atoms with Gasteiger partial charge in [-0.05, 0) is 31.4 Å². The Hall–Kier alpha value is -3.26. The predicted molar refractivity (Wildman–Crippen MR) is 129 cm³/mol. The lowest BCUT2D eigenvalue weighted by molar-refractivity contribution is -0.217. The number of nitrogens with zero attached hydrogens (tertiary/aromatic N) is 4. The van der Waals surface area contributed by atoms with Crippen LogP contribution in [0.2, 0.25) is 0 Å². The number of aryl methyl sites for hydroxylation is 1. The number of hydrogen-bond acceptors (Lipinski definition) is 10. The van der Waals surface area contributed by atoms with Crippen molar-refractivity contribution in [1.29, 1.82) is 0 Å². The van der Waals surface area contributed by atoms with Gasteiger partial charge in [0.15, 0.2) is 17.7 Å². The third-order valence-electron chi connectivity index (χ3n) is 7.46. The Morgan fingerprint density at radius 2 is 2.00 bits per heavy atom. The maximum atomic E-state index is 14.6. The van der Waals surface area contributed by atoms with Crippen LogP contribution in [-0.2, 0) is 20.7 Å². The molecule has 1 saturated carbocycles. The standard InChI is InChI=1S/C26H30F2N4O7/c1-12-6-7-15(23(28)22(12)27)17-10-32(31-29-17)24-25(36)21(11-33)38-20(26(24)37-13(2)34)9-14-8-19(39-30-14)16-4-3-5-18(16)35/h6-8,10,16,18,20-21,24-26,33,35-36H,3-5,9,11H2,1-2H3/t16-,18+,20+,21+,24-,25-,26-/m0/s1. The van der Waals surface area contributed by atoms with Crippen LogP contribution in [0.15, 0.2) is 28.9 Å². The van der Waals surface area contributed by atoms with E-state index in [1.54, 1.807) is 6.07 Å². The van der Waals surface area contributed by atoms with Crippen LogP contribution in [0, 0.1) is 18.6 Å². The van der Waals surface area contributed by atoms with Gasteiger partial charge in [-0.3, -0.25) is 4.79 Å². The Bertz CT molecular complexity index is 1330. The number of aliphatic hydroxyl groups excluding tert-OH is 3. The minimum Gasteiger partial charge on any atom is -0.457 e. The van der Waals surface area contributed by atoms with Crippen molar-refractivity contribution >= 4 is 5.97 Å². The molecule has 3 aromatic rings. The van der Waals surface area contributed by atoms with Crippen LogP contribution in [0.3, 0.4) is 0 Å². The molecule has 7 atom stereocenters. The van der Waals surface area contributed by atoms with Crippen LogP contribution in [0.1, 0.15) is 55.2 Å². The van der Waals surface area contributed by atoms with E-state index in [2.05, 4.69) is 15.5 Å². The van der Waals surface area contributed by atoms with Crippen molar-refractivity contribution in [2.45, 2.75) is 82.0 Å². The predicted octanol–water partition coefficient (Wildman–Crippen LogP) is 1.98. The second kappa shape index (κ2) is 11.1. The van der Waals surface area contributed by atoms with Crippen LogP contribution in [-0.4, -0.2) is 78.6 Å². The molecular formula is C26H30F2N4O7. The average molecular weight is 549 g/mol. The maximum Gasteiger partial charge on any atom is 0.303 e. The molecule has 5 rings (SSSR count). The van der Waals surface area contributed by atoms with Gasteiger partial charge in [-0.2, -0.15) is 0 Å². The van der Waals surface area contributed by atoms with E-state index in [1.807, 2.05) is 0 Å². The molecule has 0 amide bonds. The number of aromatic nitrogens is 4. The summed E-state index contributed by atoms with van der Waals surface area (Å²) < 4.78 is 47.0. The zero-order valence-electron chi connectivity index (χ0n) is 21.4. The van der Waals surface area contributed by atoms with Crippen LogP contribution in [0.5, 0.6) is 0 Å². The molecule has 13 heteroatoms. The van der Waals surface area contributed by atoms with Crippen LogP contribution in [0.25, 0.3) is 11.3 Å². The van der Waals surface area contributed by atoms with Crippen molar-refractivity contribution in [1.82, 2.24) is 20.2 Å². The number of carbonyl (C=O) groups excluding carboxylic acids is 1. The first-order chi connectivity index (χ1) is 18.7. The van der Waals surface area contributed by atoms with E-state index >= 15 is 0 Å². The normalized spacial score (nSPS) is 29.1. The number of carbonyl (C=O) groups is 1. The molecule has 0 bridgehead atoms. The molecule has 11 nitrogen and oxygen atoms in total. The monoisotopic (exact) mass is 548 g/mol. The van der Waals surface area contributed by atoms with E-state index in [0.29, 0.717) is 17.9 Å². The van der Waals surface area contributed by atoms with Crippen molar-refractivity contribution in [2.24, 2.45) is 0 Å². The highest BCUT2D eigenvalue weighted by Gasteiger charge is 2.49. The molecule has 0 radical (unpaired) electrons. The molecule has 2 aliphatic rings. The van der Waals surface area contributed by atoms with Crippen LogP contribution < -0.4 is 0 Å². The fourth-order valence-electron chi connectivity index (χ4n) is 5.44. The largest absolute Gasteiger partial charge is 0.457 e. The first kappa shape index (κ1) is 27.3. The van der Waals surface area contributed by atoms with E-state index in [9.17, 15) is 28.9 Å². The Morgan fingerprint density at radius 3 is 2.69 bits per heavy atom. The number of esters is 1. The first-order valence-electron chi connectivity index (χ1n) is 12.8. The SMILES string of the molecule is CC(=O)O[C@@H]1[C@@H](n2cc(-c3ccc(C)c(F)c3F)nn2)[C@@H](O)[C@@H](CO)O[C@@H]1Cc1cc([C@H]2CCC[C@H]2O)on1. The van der Waals surface area contributed by atoms with E-state index < -0.39 is 60.8 Å². The van der Waals surface area contributed by atoms with Gasteiger partial charge >= 0.3 is 5.97 Å². The van der Waals surface area contributed by atoms with Gasteiger partial charge in [0.05, 0.1) is 24.6 Å². The van der Waals surface area contributed by atoms with Gasteiger partial charge in [-0.15, -0.1) is 5.10 Å². The fourth-order valence-corrected chi connectivity index (χ4v) is 5.44. The zero-order valence-corrected chi connectivity index (χ0v) is 21.4. The molecule has 39 heavy (non-hydrogen) atoms. The lowest BCUT2D eigenvalue weighted by Gasteiger charge is -2.43. The summed E-state index contributed by atoms with van der Waals surface area (Å²) in [5.41, 5.74) is 0.467. The number of benzene rings is 1. The number of halogens is 2. The van der Waals surface area contributed by atoms with Crippen LogP contribution >= 0.6 is 0 Å². The van der Waals surface area contributed by atoms with Crippen molar-refractivity contribution in [2.75, 3.05) is 6.61 Å². The van der Waals surface area contributed by atoms with E-state index in [0.717, 1.165) is 12.8 Å². The fraction of sp³-hybridized carbons (Fsp3) is 0.538. The highest BCUT2D eigenvalue weighted by atomic mass is 19.2. The third-order valence-corrected chi connectivity index (χ3v) is 7.46. The van der Waals surface area contributed by atoms with Gasteiger partial charge in [-0.1, -0.05) is 22.9 Å². The summed E-state index contributed by atoms with van der Waals surface area (Å²) in [5.74, 6) is -2.38. The topological polar surface area (TPSA) is 153 Å². The molecule has 0 unspecified atom stereocenters. The molecule has 0 spiro atoms. The lowest BCUT2D eigenvalue weighted by Crippen LogP contribution is -2.57. The number of aliphatic hydroxyl groups is 3. The number of hydrogen-bond donors (Lipinski definition) is 3. The summed E-state index contributed by atoms with van der Waals surface area (Å²) >= 11 is 0. The summed E-state index contributed by atoms with van der Waals surface area (Å²) in [7, 11) is 0. The summed E-state index contributed by atoms with van der Waals surface area (Å²) in [4.78, 5) is 12.1. The van der Waals surface area contributed by atoms with Crippen molar-refractivity contribution in [3.63, 3.8) is 0 Å². The minimum atomic E-state index is -1.40. The van der Waals surface area contributed by atoms with Gasteiger partial charge in [0.1, 0.15) is 35.8 Å². The zero-order chi connectivity index (χ0) is 27.8. The van der Waals surface area contributed by atoms with Gasteiger partial charge in [0.2, 0.25) is 0 Å². The first-order valence-corrected chi connectivity index (χ1v) is 12.8.